The van der Waals surface area contributed by atoms with E-state index in [9.17, 15) is 4.79 Å². The Morgan fingerprint density at radius 3 is 2.50 bits per heavy atom. The first-order valence-electron chi connectivity index (χ1n) is 6.41. The number of hydrogen-bond donors (Lipinski definition) is 2. The molecule has 1 aliphatic rings. The van der Waals surface area contributed by atoms with Gasteiger partial charge in [0.05, 0.1) is 0 Å². The van der Waals surface area contributed by atoms with Crippen molar-refractivity contribution in [2.24, 2.45) is 17.1 Å². The first-order valence-corrected chi connectivity index (χ1v) is 6.41. The van der Waals surface area contributed by atoms with Crippen LogP contribution >= 0.6 is 0 Å². The molecule has 16 heavy (non-hydrogen) atoms. The zero-order valence-corrected chi connectivity index (χ0v) is 10.9. The van der Waals surface area contributed by atoms with Gasteiger partial charge in [0, 0.05) is 19.0 Å². The van der Waals surface area contributed by atoms with Crippen molar-refractivity contribution in [2.75, 3.05) is 6.54 Å². The fraction of sp³-hybridized carbons (Fsp3) is 0.923. The molecule has 94 valence electrons. The topological polar surface area (TPSA) is 55.1 Å². The number of rotatable bonds is 3. The first kappa shape index (κ1) is 13.5. The van der Waals surface area contributed by atoms with Gasteiger partial charge in [-0.2, -0.15) is 0 Å². The molecular formula is C13H26N2O. The number of hydrogen-bond acceptors (Lipinski definition) is 2. The predicted molar refractivity (Wildman–Crippen MR) is 67.0 cm³/mol. The largest absolute Gasteiger partial charge is 0.356 e. The fourth-order valence-electron chi connectivity index (χ4n) is 2.28. The number of carbonyl (C=O) groups excluding carboxylic acids is 1. The van der Waals surface area contributed by atoms with Gasteiger partial charge >= 0.3 is 0 Å². The van der Waals surface area contributed by atoms with Crippen molar-refractivity contribution in [3.8, 4) is 0 Å². The van der Waals surface area contributed by atoms with Gasteiger partial charge in [0.1, 0.15) is 0 Å². The standard InChI is InChI=1S/C13H26N2O/c1-13(2,3)8-12(16)15-9-10-6-4-5-7-11(10)14/h10-11H,4-9,14H2,1-3H3,(H,15,16). The normalized spacial score (nSPS) is 26.5. The molecule has 1 saturated carbocycles. The number of nitrogens with two attached hydrogens (primary N) is 1. The summed E-state index contributed by atoms with van der Waals surface area (Å²) < 4.78 is 0. The zero-order valence-electron chi connectivity index (χ0n) is 10.9. The van der Waals surface area contributed by atoms with Crippen LogP contribution in [-0.2, 0) is 4.79 Å². The summed E-state index contributed by atoms with van der Waals surface area (Å²) in [6, 6.07) is 0.281. The summed E-state index contributed by atoms with van der Waals surface area (Å²) in [5.41, 5.74) is 6.11. The Morgan fingerprint density at radius 2 is 1.94 bits per heavy atom. The highest BCUT2D eigenvalue weighted by Gasteiger charge is 2.23. The fourth-order valence-corrected chi connectivity index (χ4v) is 2.28. The van der Waals surface area contributed by atoms with Gasteiger partial charge in [-0.05, 0) is 24.2 Å². The summed E-state index contributed by atoms with van der Waals surface area (Å²) in [5.74, 6) is 0.642. The molecule has 0 aromatic carbocycles. The Balaban J connectivity index is 2.25. The van der Waals surface area contributed by atoms with Gasteiger partial charge in [-0.25, -0.2) is 0 Å². The van der Waals surface area contributed by atoms with Crippen LogP contribution in [0, 0.1) is 11.3 Å². The maximum Gasteiger partial charge on any atom is 0.220 e. The van der Waals surface area contributed by atoms with E-state index in [1.807, 2.05) is 0 Å². The molecule has 0 saturated heterocycles. The molecule has 2 atom stereocenters. The average molecular weight is 226 g/mol. The third kappa shape index (κ3) is 4.97. The van der Waals surface area contributed by atoms with Crippen LogP contribution in [0.5, 0.6) is 0 Å². The Bertz CT molecular complexity index is 233. The maximum absolute atomic E-state index is 11.7. The third-order valence-corrected chi connectivity index (χ3v) is 3.22. The molecule has 0 spiro atoms. The lowest BCUT2D eigenvalue weighted by Crippen LogP contribution is -2.41. The van der Waals surface area contributed by atoms with Gasteiger partial charge in [0.25, 0.3) is 0 Å². The van der Waals surface area contributed by atoms with Crippen LogP contribution in [0.25, 0.3) is 0 Å². The van der Waals surface area contributed by atoms with E-state index < -0.39 is 0 Å². The van der Waals surface area contributed by atoms with Crippen LogP contribution < -0.4 is 11.1 Å². The molecule has 1 rings (SSSR count). The van der Waals surface area contributed by atoms with Crippen molar-refractivity contribution in [1.29, 1.82) is 0 Å². The predicted octanol–water partition coefficient (Wildman–Crippen LogP) is 2.06. The minimum atomic E-state index is 0.0682. The third-order valence-electron chi connectivity index (χ3n) is 3.22. The van der Waals surface area contributed by atoms with E-state index in [2.05, 4.69) is 26.1 Å². The van der Waals surface area contributed by atoms with Gasteiger partial charge in [-0.1, -0.05) is 33.6 Å². The molecule has 0 heterocycles. The molecule has 1 aliphatic carbocycles. The lowest BCUT2D eigenvalue weighted by Gasteiger charge is -2.29. The quantitative estimate of drug-likeness (QED) is 0.774. The number of amides is 1. The van der Waals surface area contributed by atoms with Crippen molar-refractivity contribution in [2.45, 2.75) is 58.9 Å². The van der Waals surface area contributed by atoms with Gasteiger partial charge in [0.15, 0.2) is 0 Å². The van der Waals surface area contributed by atoms with E-state index in [-0.39, 0.29) is 17.4 Å². The summed E-state index contributed by atoms with van der Waals surface area (Å²) in [4.78, 5) is 11.7. The van der Waals surface area contributed by atoms with Crippen molar-refractivity contribution in [3.05, 3.63) is 0 Å². The molecule has 0 aromatic rings. The minimum absolute atomic E-state index is 0.0682. The summed E-state index contributed by atoms with van der Waals surface area (Å²) >= 11 is 0. The summed E-state index contributed by atoms with van der Waals surface area (Å²) in [7, 11) is 0. The molecule has 0 aromatic heterocycles. The smallest absolute Gasteiger partial charge is 0.220 e. The Labute approximate surface area is 99.2 Å². The molecule has 3 nitrogen and oxygen atoms in total. The molecule has 0 aliphatic heterocycles. The van der Waals surface area contributed by atoms with E-state index in [1.54, 1.807) is 0 Å². The van der Waals surface area contributed by atoms with Crippen molar-refractivity contribution in [1.82, 2.24) is 5.32 Å². The van der Waals surface area contributed by atoms with Gasteiger partial charge < -0.3 is 11.1 Å². The molecule has 1 fully saturated rings. The van der Waals surface area contributed by atoms with Gasteiger partial charge in [-0.15, -0.1) is 0 Å². The Hall–Kier alpha value is -0.570. The molecule has 1 amide bonds. The summed E-state index contributed by atoms with van der Waals surface area (Å²) in [6.07, 6.45) is 5.37. The van der Waals surface area contributed by atoms with Gasteiger partial charge in [-0.3, -0.25) is 4.79 Å². The molecule has 3 heteroatoms. The first-order chi connectivity index (χ1) is 7.38. The van der Waals surface area contributed by atoms with Crippen LogP contribution in [0.15, 0.2) is 0 Å². The SMILES string of the molecule is CC(C)(C)CC(=O)NCC1CCCCC1N. The van der Waals surface area contributed by atoms with Crippen molar-refractivity contribution >= 4 is 5.91 Å². The molecule has 3 N–H and O–H groups in total. The van der Waals surface area contributed by atoms with Crippen molar-refractivity contribution in [3.63, 3.8) is 0 Å². The minimum Gasteiger partial charge on any atom is -0.356 e. The lowest BCUT2D eigenvalue weighted by atomic mass is 9.85. The van der Waals surface area contributed by atoms with Crippen LogP contribution in [0.1, 0.15) is 52.9 Å². The zero-order chi connectivity index (χ0) is 12.2. The Kier molecular flexibility index (Phi) is 4.78. The average Bonchev–Trinajstić information content (AvgIpc) is 2.14. The lowest BCUT2D eigenvalue weighted by molar-refractivity contribution is -0.123. The number of carbonyl (C=O) groups is 1. The monoisotopic (exact) mass is 226 g/mol. The molecule has 2 unspecified atom stereocenters. The van der Waals surface area contributed by atoms with Gasteiger partial charge in [0.2, 0.25) is 5.91 Å². The molecular weight excluding hydrogens is 200 g/mol. The van der Waals surface area contributed by atoms with Crippen LogP contribution in [-0.4, -0.2) is 18.5 Å². The summed E-state index contributed by atoms with van der Waals surface area (Å²) in [6.45, 7) is 7.01. The maximum atomic E-state index is 11.7. The second kappa shape index (κ2) is 5.67. The Morgan fingerprint density at radius 1 is 1.31 bits per heavy atom. The second-order valence-corrected chi connectivity index (χ2v) is 6.25. The van der Waals surface area contributed by atoms with Crippen LogP contribution in [0.3, 0.4) is 0 Å². The van der Waals surface area contributed by atoms with Crippen LogP contribution in [0.4, 0.5) is 0 Å². The van der Waals surface area contributed by atoms with E-state index in [4.69, 9.17) is 5.73 Å². The van der Waals surface area contributed by atoms with E-state index in [0.717, 1.165) is 19.4 Å². The summed E-state index contributed by atoms with van der Waals surface area (Å²) in [5, 5.41) is 3.02. The molecule has 0 radical (unpaired) electrons. The van der Waals surface area contributed by atoms with E-state index in [0.29, 0.717) is 12.3 Å². The second-order valence-electron chi connectivity index (χ2n) is 6.25. The van der Waals surface area contributed by atoms with E-state index in [1.165, 1.54) is 12.8 Å². The highest BCUT2D eigenvalue weighted by atomic mass is 16.1. The van der Waals surface area contributed by atoms with Crippen molar-refractivity contribution < 1.29 is 4.79 Å². The van der Waals surface area contributed by atoms with Crippen LogP contribution in [0.2, 0.25) is 0 Å². The molecule has 0 bridgehead atoms. The highest BCUT2D eigenvalue weighted by Crippen LogP contribution is 2.22. The highest BCUT2D eigenvalue weighted by molar-refractivity contribution is 5.76. The number of nitrogens with one attached hydrogen (secondary N) is 1. The van der Waals surface area contributed by atoms with E-state index >= 15 is 0 Å².